The van der Waals surface area contributed by atoms with Crippen molar-refractivity contribution in [3.05, 3.63) is 59.4 Å². The lowest BCUT2D eigenvalue weighted by atomic mass is 9.93. The Morgan fingerprint density at radius 1 is 1.13 bits per heavy atom. The van der Waals surface area contributed by atoms with Crippen LogP contribution in [0.4, 0.5) is 4.39 Å². The third-order valence-electron chi connectivity index (χ3n) is 4.00. The van der Waals surface area contributed by atoms with Crippen LogP contribution in [0.3, 0.4) is 0 Å². The number of methoxy groups -OCH3 is 1. The molecule has 0 heterocycles. The lowest BCUT2D eigenvalue weighted by Crippen LogP contribution is -2.16. The molecular weight excluding hydrogens is 293 g/mol. The summed E-state index contributed by atoms with van der Waals surface area (Å²) in [5.41, 5.74) is 8.25. The van der Waals surface area contributed by atoms with Crippen LogP contribution >= 0.6 is 0 Å². The van der Waals surface area contributed by atoms with Crippen LogP contribution in [0, 0.1) is 5.82 Å². The summed E-state index contributed by atoms with van der Waals surface area (Å²) in [5, 5.41) is 0. The maximum atomic E-state index is 13.5. The Kier molecular flexibility index (Phi) is 6.41. The summed E-state index contributed by atoms with van der Waals surface area (Å²) < 4.78 is 24.4. The Balaban J connectivity index is 2.01. The van der Waals surface area contributed by atoms with Crippen molar-refractivity contribution in [3.8, 4) is 11.5 Å². The fraction of sp³-hybridized carbons (Fsp3) is 0.368. The summed E-state index contributed by atoms with van der Waals surface area (Å²) in [7, 11) is 1.68. The van der Waals surface area contributed by atoms with E-state index in [-0.39, 0.29) is 17.5 Å². The first-order chi connectivity index (χ1) is 11.2. The van der Waals surface area contributed by atoms with Gasteiger partial charge in [0.25, 0.3) is 0 Å². The quantitative estimate of drug-likeness (QED) is 0.803. The van der Waals surface area contributed by atoms with Gasteiger partial charge in [0.15, 0.2) is 11.6 Å². The third-order valence-corrected chi connectivity index (χ3v) is 4.00. The molecule has 23 heavy (non-hydrogen) atoms. The fourth-order valence-electron chi connectivity index (χ4n) is 2.62. The molecule has 0 aliphatic rings. The van der Waals surface area contributed by atoms with Crippen LogP contribution in [0.15, 0.2) is 42.5 Å². The summed E-state index contributed by atoms with van der Waals surface area (Å²) in [4.78, 5) is 0. The molecule has 0 radical (unpaired) electrons. The lowest BCUT2D eigenvalue weighted by molar-refractivity contribution is 0.284. The topological polar surface area (TPSA) is 44.5 Å². The van der Waals surface area contributed by atoms with E-state index in [4.69, 9.17) is 15.2 Å². The molecule has 0 bridgehead atoms. The Labute approximate surface area is 137 Å². The third kappa shape index (κ3) is 4.45. The molecule has 0 fully saturated rings. The number of rotatable bonds is 8. The van der Waals surface area contributed by atoms with E-state index in [1.54, 1.807) is 25.3 Å². The second-order valence-corrected chi connectivity index (χ2v) is 5.43. The monoisotopic (exact) mass is 317 g/mol. The molecule has 0 aliphatic heterocycles. The van der Waals surface area contributed by atoms with Gasteiger partial charge in [-0.25, -0.2) is 4.39 Å². The van der Waals surface area contributed by atoms with Gasteiger partial charge in [-0.3, -0.25) is 0 Å². The molecule has 3 nitrogen and oxygen atoms in total. The van der Waals surface area contributed by atoms with Crippen LogP contribution in [0.5, 0.6) is 11.5 Å². The summed E-state index contributed by atoms with van der Waals surface area (Å²) in [6.07, 6.45) is 1.64. The van der Waals surface area contributed by atoms with Crippen molar-refractivity contribution < 1.29 is 13.9 Å². The van der Waals surface area contributed by atoms with E-state index in [1.165, 1.54) is 17.2 Å². The van der Waals surface area contributed by atoms with Crippen molar-refractivity contribution in [2.24, 2.45) is 5.73 Å². The van der Waals surface area contributed by atoms with Crippen LogP contribution in [0.1, 0.15) is 30.4 Å². The summed E-state index contributed by atoms with van der Waals surface area (Å²) in [6, 6.07) is 12.6. The van der Waals surface area contributed by atoms with Crippen LogP contribution < -0.4 is 15.2 Å². The van der Waals surface area contributed by atoms with Gasteiger partial charge in [-0.05, 0) is 54.6 Å². The molecule has 0 saturated carbocycles. The Morgan fingerprint density at radius 3 is 2.57 bits per heavy atom. The van der Waals surface area contributed by atoms with Crippen LogP contribution in [0.2, 0.25) is 0 Å². The molecule has 2 aromatic carbocycles. The maximum absolute atomic E-state index is 13.5. The number of ether oxygens (including phenoxy) is 2. The number of benzene rings is 2. The van der Waals surface area contributed by atoms with Gasteiger partial charge in [0.1, 0.15) is 5.75 Å². The van der Waals surface area contributed by atoms with E-state index in [1.807, 2.05) is 12.1 Å². The second kappa shape index (κ2) is 8.53. The number of hydrogen-bond acceptors (Lipinski definition) is 3. The largest absolute Gasteiger partial charge is 0.496 e. The molecule has 1 unspecified atom stereocenters. The summed E-state index contributed by atoms with van der Waals surface area (Å²) in [5.74, 6) is 1.02. The lowest BCUT2D eigenvalue weighted by Gasteiger charge is -2.18. The van der Waals surface area contributed by atoms with Gasteiger partial charge in [-0.15, -0.1) is 0 Å². The van der Waals surface area contributed by atoms with Gasteiger partial charge >= 0.3 is 0 Å². The fourth-order valence-corrected chi connectivity index (χ4v) is 2.62. The predicted octanol–water partition coefficient (Wildman–Crippen LogP) is 3.91. The van der Waals surface area contributed by atoms with Crippen LogP contribution in [-0.2, 0) is 6.42 Å². The zero-order valence-electron chi connectivity index (χ0n) is 13.7. The second-order valence-electron chi connectivity index (χ2n) is 5.43. The predicted molar refractivity (Wildman–Crippen MR) is 90.7 cm³/mol. The molecule has 0 spiro atoms. The smallest absolute Gasteiger partial charge is 0.165 e. The molecule has 0 aliphatic carbocycles. The average Bonchev–Trinajstić information content (AvgIpc) is 2.59. The van der Waals surface area contributed by atoms with E-state index < -0.39 is 0 Å². The molecule has 0 aromatic heterocycles. The van der Waals surface area contributed by atoms with Gasteiger partial charge in [0.05, 0.1) is 13.7 Å². The molecular formula is C19H24FNO2. The van der Waals surface area contributed by atoms with Gasteiger partial charge in [0, 0.05) is 0 Å². The van der Waals surface area contributed by atoms with E-state index in [0.29, 0.717) is 13.2 Å². The normalized spacial score (nSPS) is 12.0. The number of para-hydroxylation sites is 1. The SMILES string of the molecule is CCc1cc(C(CN)CCOc2ccccc2F)ccc1OC. The van der Waals surface area contributed by atoms with E-state index in [9.17, 15) is 4.39 Å². The number of hydrogen-bond donors (Lipinski definition) is 1. The molecule has 124 valence electrons. The van der Waals surface area contributed by atoms with Gasteiger partial charge in [-0.1, -0.05) is 31.2 Å². The average molecular weight is 317 g/mol. The number of aryl methyl sites for hydroxylation is 1. The molecule has 2 aromatic rings. The molecule has 0 amide bonds. The highest BCUT2D eigenvalue weighted by Crippen LogP contribution is 2.26. The first kappa shape index (κ1) is 17.3. The van der Waals surface area contributed by atoms with E-state index in [2.05, 4.69) is 13.0 Å². The zero-order chi connectivity index (χ0) is 16.7. The van der Waals surface area contributed by atoms with Gasteiger partial charge < -0.3 is 15.2 Å². The van der Waals surface area contributed by atoms with Crippen molar-refractivity contribution >= 4 is 0 Å². The van der Waals surface area contributed by atoms with Crippen LogP contribution in [0.25, 0.3) is 0 Å². The molecule has 0 saturated heterocycles. The molecule has 1 atom stereocenters. The number of halogens is 1. The van der Waals surface area contributed by atoms with Crippen molar-refractivity contribution in [2.45, 2.75) is 25.7 Å². The minimum Gasteiger partial charge on any atom is -0.496 e. The Bertz CT molecular complexity index is 631. The molecule has 2 rings (SSSR count). The van der Waals surface area contributed by atoms with Crippen molar-refractivity contribution in [1.29, 1.82) is 0 Å². The van der Waals surface area contributed by atoms with Crippen molar-refractivity contribution in [1.82, 2.24) is 0 Å². The first-order valence-corrected chi connectivity index (χ1v) is 7.93. The highest BCUT2D eigenvalue weighted by molar-refractivity contribution is 5.38. The minimum absolute atomic E-state index is 0.179. The van der Waals surface area contributed by atoms with Crippen LogP contribution in [-0.4, -0.2) is 20.3 Å². The zero-order valence-corrected chi connectivity index (χ0v) is 13.7. The highest BCUT2D eigenvalue weighted by Gasteiger charge is 2.13. The molecule has 2 N–H and O–H groups in total. The maximum Gasteiger partial charge on any atom is 0.165 e. The van der Waals surface area contributed by atoms with E-state index >= 15 is 0 Å². The number of nitrogens with two attached hydrogens (primary N) is 1. The standard InChI is InChI=1S/C19H24FNO2/c1-3-14-12-15(8-9-18(14)22-2)16(13-21)10-11-23-19-7-5-4-6-17(19)20/h4-9,12,16H,3,10-11,13,21H2,1-2H3. The summed E-state index contributed by atoms with van der Waals surface area (Å²) in [6.45, 7) is 3.05. The first-order valence-electron chi connectivity index (χ1n) is 7.93. The molecule has 4 heteroatoms. The van der Waals surface area contributed by atoms with Gasteiger partial charge in [-0.2, -0.15) is 0 Å². The highest BCUT2D eigenvalue weighted by atomic mass is 19.1. The summed E-state index contributed by atoms with van der Waals surface area (Å²) >= 11 is 0. The van der Waals surface area contributed by atoms with Gasteiger partial charge in [0.2, 0.25) is 0 Å². The Morgan fingerprint density at radius 2 is 1.91 bits per heavy atom. The van der Waals surface area contributed by atoms with Crippen molar-refractivity contribution in [3.63, 3.8) is 0 Å². The minimum atomic E-state index is -0.338. The van der Waals surface area contributed by atoms with Crippen molar-refractivity contribution in [2.75, 3.05) is 20.3 Å². The van der Waals surface area contributed by atoms with E-state index in [0.717, 1.165) is 18.6 Å². The Hall–Kier alpha value is -2.07.